The van der Waals surface area contributed by atoms with Crippen molar-refractivity contribution in [1.29, 1.82) is 0 Å². The maximum atomic E-state index is 13.3. The third-order valence-electron chi connectivity index (χ3n) is 2.96. The van der Waals surface area contributed by atoms with Gasteiger partial charge in [-0.3, -0.25) is 4.79 Å². The van der Waals surface area contributed by atoms with Crippen molar-refractivity contribution in [3.63, 3.8) is 0 Å². The molecule has 0 unspecified atom stereocenters. The normalized spacial score (nSPS) is 10.8. The molecule has 5 heteroatoms. The molecule has 4 nitrogen and oxygen atoms in total. The lowest BCUT2D eigenvalue weighted by Crippen LogP contribution is -2.18. The summed E-state index contributed by atoms with van der Waals surface area (Å²) >= 11 is 0. The fourth-order valence-electron chi connectivity index (χ4n) is 1.92. The van der Waals surface area contributed by atoms with Crippen LogP contribution in [0.15, 0.2) is 29.1 Å². The molecule has 0 radical (unpaired) electrons. The summed E-state index contributed by atoms with van der Waals surface area (Å²) in [5, 5.41) is 3.20. The monoisotopic (exact) mass is 275 g/mol. The van der Waals surface area contributed by atoms with Crippen molar-refractivity contribution in [2.45, 2.75) is 26.8 Å². The summed E-state index contributed by atoms with van der Waals surface area (Å²) in [7, 11) is 0. The predicted molar refractivity (Wildman–Crippen MR) is 77.0 cm³/mol. The van der Waals surface area contributed by atoms with Crippen LogP contribution in [0.25, 0.3) is 11.4 Å². The molecule has 0 spiro atoms. The number of benzene rings is 1. The minimum absolute atomic E-state index is 0.203. The number of nitrogens with one attached hydrogen (secondary N) is 2. The highest BCUT2D eigenvalue weighted by Crippen LogP contribution is 2.17. The van der Waals surface area contributed by atoms with E-state index in [2.05, 4.69) is 22.2 Å². The number of aromatic amines is 1. The molecule has 1 aromatic carbocycles. The van der Waals surface area contributed by atoms with Crippen molar-refractivity contribution in [3.05, 3.63) is 51.7 Å². The van der Waals surface area contributed by atoms with E-state index < -0.39 is 0 Å². The molecule has 0 saturated carbocycles. The highest BCUT2D eigenvalue weighted by atomic mass is 19.1. The summed E-state index contributed by atoms with van der Waals surface area (Å²) in [5.41, 5.74) is 1.71. The highest BCUT2D eigenvalue weighted by Gasteiger charge is 2.06. The smallest absolute Gasteiger partial charge is 0.251 e. The number of halogens is 1. The van der Waals surface area contributed by atoms with Crippen LogP contribution in [0.4, 0.5) is 4.39 Å². The number of aryl methyl sites for hydroxylation is 1. The minimum atomic E-state index is -0.267. The molecule has 2 rings (SSSR count). The zero-order valence-corrected chi connectivity index (χ0v) is 11.7. The molecule has 0 aliphatic heterocycles. The van der Waals surface area contributed by atoms with Crippen LogP contribution in [0, 0.1) is 12.7 Å². The molecule has 0 saturated heterocycles. The molecule has 0 bridgehead atoms. The van der Waals surface area contributed by atoms with E-state index in [1.807, 2.05) is 0 Å². The van der Waals surface area contributed by atoms with E-state index in [0.717, 1.165) is 13.0 Å². The van der Waals surface area contributed by atoms with Crippen molar-refractivity contribution in [1.82, 2.24) is 15.3 Å². The Labute approximate surface area is 117 Å². The van der Waals surface area contributed by atoms with Crippen molar-refractivity contribution in [2.75, 3.05) is 6.54 Å². The van der Waals surface area contributed by atoms with E-state index in [0.29, 0.717) is 29.2 Å². The summed E-state index contributed by atoms with van der Waals surface area (Å²) in [6.07, 6.45) is 1.02. The van der Waals surface area contributed by atoms with Gasteiger partial charge in [-0.05, 0) is 43.7 Å². The highest BCUT2D eigenvalue weighted by molar-refractivity contribution is 5.56. The average Bonchev–Trinajstić information content (AvgIpc) is 2.41. The Bertz CT molecular complexity index is 652. The van der Waals surface area contributed by atoms with Crippen LogP contribution in [0.5, 0.6) is 0 Å². The van der Waals surface area contributed by atoms with E-state index in [-0.39, 0.29) is 11.4 Å². The number of nitrogens with zero attached hydrogens (tertiary/aromatic N) is 1. The first-order chi connectivity index (χ1) is 9.60. The van der Waals surface area contributed by atoms with Crippen molar-refractivity contribution >= 4 is 0 Å². The van der Waals surface area contributed by atoms with Crippen LogP contribution in [0.3, 0.4) is 0 Å². The van der Waals surface area contributed by atoms with Gasteiger partial charge in [-0.1, -0.05) is 6.92 Å². The molecule has 106 valence electrons. The van der Waals surface area contributed by atoms with Gasteiger partial charge in [0.1, 0.15) is 11.6 Å². The van der Waals surface area contributed by atoms with Gasteiger partial charge in [0.15, 0.2) is 0 Å². The van der Waals surface area contributed by atoms with E-state index in [1.54, 1.807) is 19.1 Å². The van der Waals surface area contributed by atoms with E-state index >= 15 is 0 Å². The van der Waals surface area contributed by atoms with Crippen LogP contribution < -0.4 is 10.9 Å². The molecular weight excluding hydrogens is 257 g/mol. The Kier molecular flexibility index (Phi) is 4.63. The fraction of sp³-hybridized carbons (Fsp3) is 0.333. The number of hydrogen-bond acceptors (Lipinski definition) is 3. The lowest BCUT2D eigenvalue weighted by atomic mass is 10.1. The quantitative estimate of drug-likeness (QED) is 0.824. The second-order valence-electron chi connectivity index (χ2n) is 4.73. The molecular formula is C15H18FN3O. The Morgan fingerprint density at radius 2 is 2.15 bits per heavy atom. The summed E-state index contributed by atoms with van der Waals surface area (Å²) in [6.45, 7) is 5.18. The molecule has 0 aliphatic rings. The van der Waals surface area contributed by atoms with Crippen LogP contribution in [0.2, 0.25) is 0 Å². The topological polar surface area (TPSA) is 57.8 Å². The number of H-pyrrole nitrogens is 1. The van der Waals surface area contributed by atoms with Crippen LogP contribution in [-0.2, 0) is 6.54 Å². The SMILES string of the molecule is CCCNCc1cc(=O)[nH]c(-c2ccc(F)c(C)c2)n1. The molecule has 2 aromatic rings. The standard InChI is InChI=1S/C15H18FN3O/c1-3-6-17-9-12-8-14(20)19-15(18-12)11-4-5-13(16)10(2)7-11/h4-5,7-8,17H,3,6,9H2,1-2H3,(H,18,19,20). The Balaban J connectivity index is 2.31. The molecule has 0 amide bonds. The van der Waals surface area contributed by atoms with Gasteiger partial charge in [0.05, 0.1) is 5.69 Å². The van der Waals surface area contributed by atoms with E-state index in [4.69, 9.17) is 0 Å². The number of aromatic nitrogens is 2. The first-order valence-corrected chi connectivity index (χ1v) is 6.67. The van der Waals surface area contributed by atoms with Gasteiger partial charge in [0, 0.05) is 18.2 Å². The Hall–Kier alpha value is -2.01. The van der Waals surface area contributed by atoms with Gasteiger partial charge in [0.25, 0.3) is 5.56 Å². The summed E-state index contributed by atoms with van der Waals surface area (Å²) in [6, 6.07) is 6.15. The zero-order valence-electron chi connectivity index (χ0n) is 11.7. The van der Waals surface area contributed by atoms with Crippen LogP contribution in [0.1, 0.15) is 24.6 Å². The third-order valence-corrected chi connectivity index (χ3v) is 2.96. The van der Waals surface area contributed by atoms with Gasteiger partial charge < -0.3 is 10.3 Å². The second kappa shape index (κ2) is 6.43. The molecule has 2 N–H and O–H groups in total. The molecule has 0 aliphatic carbocycles. The fourth-order valence-corrected chi connectivity index (χ4v) is 1.92. The number of hydrogen-bond donors (Lipinski definition) is 2. The van der Waals surface area contributed by atoms with E-state index in [9.17, 15) is 9.18 Å². The van der Waals surface area contributed by atoms with Crippen molar-refractivity contribution < 1.29 is 4.39 Å². The second-order valence-corrected chi connectivity index (χ2v) is 4.73. The molecule has 1 heterocycles. The van der Waals surface area contributed by atoms with Gasteiger partial charge in [-0.2, -0.15) is 0 Å². The largest absolute Gasteiger partial charge is 0.311 e. The third kappa shape index (κ3) is 3.51. The minimum Gasteiger partial charge on any atom is -0.311 e. The summed E-state index contributed by atoms with van der Waals surface area (Å²) < 4.78 is 13.3. The summed E-state index contributed by atoms with van der Waals surface area (Å²) in [5.74, 6) is 0.200. The Morgan fingerprint density at radius 1 is 1.35 bits per heavy atom. The van der Waals surface area contributed by atoms with Gasteiger partial charge >= 0.3 is 0 Å². The average molecular weight is 275 g/mol. The van der Waals surface area contributed by atoms with Crippen LogP contribution >= 0.6 is 0 Å². The van der Waals surface area contributed by atoms with Gasteiger partial charge in [-0.15, -0.1) is 0 Å². The van der Waals surface area contributed by atoms with Crippen LogP contribution in [-0.4, -0.2) is 16.5 Å². The zero-order chi connectivity index (χ0) is 14.5. The summed E-state index contributed by atoms with van der Waals surface area (Å²) in [4.78, 5) is 18.8. The molecule has 1 aromatic heterocycles. The maximum Gasteiger partial charge on any atom is 0.251 e. The van der Waals surface area contributed by atoms with E-state index in [1.165, 1.54) is 12.1 Å². The van der Waals surface area contributed by atoms with Crippen molar-refractivity contribution in [2.24, 2.45) is 0 Å². The maximum absolute atomic E-state index is 13.3. The number of rotatable bonds is 5. The van der Waals surface area contributed by atoms with Gasteiger partial charge in [-0.25, -0.2) is 9.37 Å². The first-order valence-electron chi connectivity index (χ1n) is 6.67. The molecule has 0 fully saturated rings. The Morgan fingerprint density at radius 3 is 2.85 bits per heavy atom. The lowest BCUT2D eigenvalue weighted by molar-refractivity contribution is 0.618. The van der Waals surface area contributed by atoms with Gasteiger partial charge in [0.2, 0.25) is 0 Å². The lowest BCUT2D eigenvalue weighted by Gasteiger charge is -2.06. The van der Waals surface area contributed by atoms with Crippen molar-refractivity contribution in [3.8, 4) is 11.4 Å². The molecule has 0 atom stereocenters. The first kappa shape index (κ1) is 14.4. The molecule has 20 heavy (non-hydrogen) atoms. The predicted octanol–water partition coefficient (Wildman–Crippen LogP) is 2.38.